The molecule has 6 heteroatoms. The summed E-state index contributed by atoms with van der Waals surface area (Å²) in [6.45, 7) is 0.702. The quantitative estimate of drug-likeness (QED) is 0.697. The van der Waals surface area contributed by atoms with Crippen LogP contribution in [-0.4, -0.2) is 26.6 Å². The molecule has 1 atom stereocenters. The second kappa shape index (κ2) is 3.10. The zero-order chi connectivity index (χ0) is 8.55. The van der Waals surface area contributed by atoms with Gasteiger partial charge in [0.25, 0.3) is 0 Å². The van der Waals surface area contributed by atoms with Crippen molar-refractivity contribution in [3.63, 3.8) is 0 Å². The summed E-state index contributed by atoms with van der Waals surface area (Å²) in [6, 6.07) is 0. The van der Waals surface area contributed by atoms with E-state index >= 15 is 0 Å². The molecule has 4 nitrogen and oxygen atoms in total. The first kappa shape index (κ1) is 8.12. The smallest absolute Gasteiger partial charge is 0.230 e. The Labute approximate surface area is 81.9 Å². The van der Waals surface area contributed by atoms with Crippen molar-refractivity contribution in [2.75, 3.05) is 11.4 Å². The highest BCUT2D eigenvalue weighted by Gasteiger charge is 2.30. The largest absolute Gasteiger partial charge is 0.286 e. The van der Waals surface area contributed by atoms with Crippen molar-refractivity contribution < 1.29 is 4.79 Å². The Morgan fingerprint density at radius 2 is 2.58 bits per heavy atom. The van der Waals surface area contributed by atoms with Crippen LogP contribution in [0.25, 0.3) is 0 Å². The van der Waals surface area contributed by atoms with Crippen LogP contribution in [0.3, 0.4) is 0 Å². The van der Waals surface area contributed by atoms with Crippen molar-refractivity contribution >= 4 is 38.5 Å². The first-order chi connectivity index (χ1) is 5.77. The fourth-order valence-electron chi connectivity index (χ4n) is 1.14. The number of nitrogens with zero attached hydrogens (tertiary/aromatic N) is 3. The van der Waals surface area contributed by atoms with Gasteiger partial charge in [-0.05, 0) is 0 Å². The number of rotatable bonds is 1. The zero-order valence-corrected chi connectivity index (χ0v) is 8.51. The molecule has 1 saturated heterocycles. The molecule has 0 spiro atoms. The maximum Gasteiger partial charge on any atom is 0.230 e. The van der Waals surface area contributed by atoms with Gasteiger partial charge in [0.15, 0.2) is 0 Å². The SMILES string of the molecule is O=C1CC(Br)CN1c1ncns1. The average Bonchev–Trinajstić information content (AvgIpc) is 2.58. The second-order valence-corrected chi connectivity index (χ2v) is 4.58. The fourth-order valence-corrected chi connectivity index (χ4v) is 2.26. The highest BCUT2D eigenvalue weighted by molar-refractivity contribution is 9.09. The molecule has 0 aliphatic carbocycles. The van der Waals surface area contributed by atoms with E-state index in [1.54, 1.807) is 4.90 Å². The Kier molecular flexibility index (Phi) is 2.10. The Hall–Kier alpha value is -0.490. The van der Waals surface area contributed by atoms with Crippen LogP contribution >= 0.6 is 27.5 Å². The number of hydrogen-bond donors (Lipinski definition) is 0. The summed E-state index contributed by atoms with van der Waals surface area (Å²) < 4.78 is 3.85. The van der Waals surface area contributed by atoms with Crippen molar-refractivity contribution in [3.05, 3.63) is 6.33 Å². The number of alkyl halides is 1. The van der Waals surface area contributed by atoms with Gasteiger partial charge in [-0.3, -0.25) is 9.69 Å². The van der Waals surface area contributed by atoms with Crippen LogP contribution < -0.4 is 4.90 Å². The number of halogens is 1. The molecule has 0 bridgehead atoms. The molecular formula is C6H6BrN3OS. The lowest BCUT2D eigenvalue weighted by molar-refractivity contribution is -0.117. The zero-order valence-electron chi connectivity index (χ0n) is 6.11. The molecule has 1 fully saturated rings. The minimum Gasteiger partial charge on any atom is -0.286 e. The molecule has 1 aliphatic rings. The molecule has 1 aromatic heterocycles. The molecule has 64 valence electrons. The molecule has 2 rings (SSSR count). The molecule has 12 heavy (non-hydrogen) atoms. The van der Waals surface area contributed by atoms with Gasteiger partial charge in [-0.25, -0.2) is 4.98 Å². The Balaban J connectivity index is 2.21. The highest BCUT2D eigenvalue weighted by atomic mass is 79.9. The number of carbonyl (C=O) groups is 1. The first-order valence-corrected chi connectivity index (χ1v) is 5.17. The molecule has 0 N–H and O–H groups in total. The van der Waals surface area contributed by atoms with Gasteiger partial charge in [0, 0.05) is 29.3 Å². The molecule has 1 aliphatic heterocycles. The van der Waals surface area contributed by atoms with Gasteiger partial charge in [-0.1, -0.05) is 15.9 Å². The van der Waals surface area contributed by atoms with Gasteiger partial charge in [0.05, 0.1) is 0 Å². The van der Waals surface area contributed by atoms with E-state index in [9.17, 15) is 4.79 Å². The predicted octanol–water partition coefficient (Wildman–Crippen LogP) is 1.04. The minimum absolute atomic E-state index is 0.119. The standard InChI is InChI=1S/C6H6BrN3OS/c7-4-1-5(11)10(2-4)6-8-3-9-12-6/h3-4H,1-2H2. The molecular weight excluding hydrogens is 242 g/mol. The van der Waals surface area contributed by atoms with E-state index in [-0.39, 0.29) is 10.7 Å². The van der Waals surface area contributed by atoms with Crippen LogP contribution in [0.1, 0.15) is 6.42 Å². The summed E-state index contributed by atoms with van der Waals surface area (Å²) in [5.74, 6) is 0.119. The van der Waals surface area contributed by atoms with Crippen LogP contribution in [-0.2, 0) is 4.79 Å². The number of aromatic nitrogens is 2. The average molecular weight is 248 g/mol. The lowest BCUT2D eigenvalue weighted by atomic mass is 10.4. The number of amides is 1. The van der Waals surface area contributed by atoms with Crippen molar-refractivity contribution in [2.45, 2.75) is 11.2 Å². The van der Waals surface area contributed by atoms with E-state index < -0.39 is 0 Å². The maximum atomic E-state index is 11.3. The maximum absolute atomic E-state index is 11.3. The number of hydrogen-bond acceptors (Lipinski definition) is 4. The molecule has 1 aromatic rings. The minimum atomic E-state index is 0.119. The summed E-state index contributed by atoms with van der Waals surface area (Å²) in [5, 5.41) is 0.696. The van der Waals surface area contributed by atoms with E-state index in [1.807, 2.05) is 0 Å². The van der Waals surface area contributed by atoms with Crippen molar-refractivity contribution in [1.29, 1.82) is 0 Å². The van der Waals surface area contributed by atoms with Crippen molar-refractivity contribution in [1.82, 2.24) is 9.36 Å². The Bertz CT molecular complexity index is 289. The Morgan fingerprint density at radius 3 is 3.08 bits per heavy atom. The number of anilines is 1. The molecule has 0 radical (unpaired) electrons. The van der Waals surface area contributed by atoms with Gasteiger partial charge in [-0.2, -0.15) is 4.37 Å². The molecule has 1 amide bonds. The van der Waals surface area contributed by atoms with Gasteiger partial charge in [0.2, 0.25) is 11.0 Å². The van der Waals surface area contributed by atoms with Gasteiger partial charge in [0.1, 0.15) is 6.33 Å². The summed E-state index contributed by atoms with van der Waals surface area (Å²) in [6.07, 6.45) is 2.02. The van der Waals surface area contributed by atoms with Crippen LogP contribution in [0.4, 0.5) is 5.13 Å². The van der Waals surface area contributed by atoms with E-state index in [0.29, 0.717) is 18.1 Å². The van der Waals surface area contributed by atoms with E-state index in [0.717, 1.165) is 0 Å². The summed E-state index contributed by atoms with van der Waals surface area (Å²) in [4.78, 5) is 17.2. The van der Waals surface area contributed by atoms with Crippen LogP contribution in [0.2, 0.25) is 0 Å². The van der Waals surface area contributed by atoms with Crippen LogP contribution in [0.5, 0.6) is 0 Å². The summed E-state index contributed by atoms with van der Waals surface area (Å²) in [5.41, 5.74) is 0. The van der Waals surface area contributed by atoms with Gasteiger partial charge in [-0.15, -0.1) is 0 Å². The van der Waals surface area contributed by atoms with Gasteiger partial charge >= 0.3 is 0 Å². The summed E-state index contributed by atoms with van der Waals surface area (Å²) >= 11 is 4.65. The number of carbonyl (C=O) groups excluding carboxylic acids is 1. The third kappa shape index (κ3) is 1.36. The van der Waals surface area contributed by atoms with Crippen molar-refractivity contribution in [3.8, 4) is 0 Å². The lowest BCUT2D eigenvalue weighted by Gasteiger charge is -2.09. The second-order valence-electron chi connectivity index (χ2n) is 2.53. The molecule has 0 saturated carbocycles. The third-order valence-corrected chi connectivity index (χ3v) is 2.96. The van der Waals surface area contributed by atoms with Crippen LogP contribution in [0, 0.1) is 0 Å². The third-order valence-electron chi connectivity index (χ3n) is 1.66. The molecule has 2 heterocycles. The lowest BCUT2D eigenvalue weighted by Crippen LogP contribution is -2.24. The molecule has 1 unspecified atom stereocenters. The topological polar surface area (TPSA) is 46.1 Å². The first-order valence-electron chi connectivity index (χ1n) is 3.48. The molecule has 0 aromatic carbocycles. The van der Waals surface area contributed by atoms with E-state index in [4.69, 9.17) is 0 Å². The monoisotopic (exact) mass is 247 g/mol. The van der Waals surface area contributed by atoms with E-state index in [1.165, 1.54) is 17.9 Å². The fraction of sp³-hybridized carbons (Fsp3) is 0.500. The highest BCUT2D eigenvalue weighted by Crippen LogP contribution is 2.25. The predicted molar refractivity (Wildman–Crippen MR) is 49.6 cm³/mol. The summed E-state index contributed by atoms with van der Waals surface area (Å²) in [7, 11) is 0. The Morgan fingerprint density at radius 1 is 1.75 bits per heavy atom. The normalized spacial score (nSPS) is 23.6. The van der Waals surface area contributed by atoms with E-state index in [2.05, 4.69) is 25.3 Å². The van der Waals surface area contributed by atoms with Crippen molar-refractivity contribution in [2.24, 2.45) is 0 Å². The van der Waals surface area contributed by atoms with Crippen LogP contribution in [0.15, 0.2) is 6.33 Å². The van der Waals surface area contributed by atoms with Gasteiger partial charge < -0.3 is 0 Å².